The fourth-order valence-electron chi connectivity index (χ4n) is 4.64. The van der Waals surface area contributed by atoms with E-state index in [1.54, 1.807) is 19.1 Å². The van der Waals surface area contributed by atoms with E-state index in [1.807, 2.05) is 84.0 Å². The highest BCUT2D eigenvalue weighted by Gasteiger charge is 2.29. The molecule has 4 rings (SSSR count). The lowest BCUT2D eigenvalue weighted by Crippen LogP contribution is -2.26. The molecule has 0 spiro atoms. The van der Waals surface area contributed by atoms with Crippen LogP contribution in [-0.2, 0) is 25.6 Å². The van der Waals surface area contributed by atoms with Crippen molar-refractivity contribution >= 4 is 33.3 Å². The van der Waals surface area contributed by atoms with Gasteiger partial charge in [-0.05, 0) is 65.3 Å². The first-order valence-electron chi connectivity index (χ1n) is 12.7. The average molecular weight is 533 g/mol. The molecule has 1 amide bonds. The third-order valence-corrected chi connectivity index (χ3v) is 8.31. The normalized spacial score (nSPS) is 15.9. The minimum absolute atomic E-state index is 0.0814. The number of phenols is 1. The second-order valence-corrected chi connectivity index (χ2v) is 13.7. The molecule has 1 heterocycles. The minimum atomic E-state index is -3.85. The molecule has 1 aliphatic heterocycles. The topological polar surface area (TPSA) is 95.5 Å². The molecule has 0 aromatic heterocycles. The third kappa shape index (κ3) is 5.54. The summed E-state index contributed by atoms with van der Waals surface area (Å²) in [6, 6.07) is 17.4. The number of phenolic OH excluding ortho intramolecular Hbond substituents is 1. The van der Waals surface area contributed by atoms with E-state index in [1.165, 1.54) is 12.1 Å². The van der Waals surface area contributed by atoms with Crippen molar-refractivity contribution in [1.82, 2.24) is 4.72 Å². The van der Waals surface area contributed by atoms with Crippen molar-refractivity contribution in [2.75, 3.05) is 5.32 Å². The van der Waals surface area contributed by atoms with Crippen LogP contribution in [0.3, 0.4) is 0 Å². The number of carbonyl (C=O) groups is 1. The van der Waals surface area contributed by atoms with Crippen molar-refractivity contribution in [3.8, 4) is 5.75 Å². The molecule has 38 heavy (non-hydrogen) atoms. The molecule has 0 bridgehead atoms. The summed E-state index contributed by atoms with van der Waals surface area (Å²) in [5.41, 5.74) is 3.99. The molecule has 0 saturated carbocycles. The van der Waals surface area contributed by atoms with E-state index >= 15 is 0 Å². The molecular weight excluding hydrogens is 496 g/mol. The lowest BCUT2D eigenvalue weighted by atomic mass is 9.78. The van der Waals surface area contributed by atoms with Crippen LogP contribution in [0.5, 0.6) is 5.75 Å². The molecule has 1 atom stereocenters. The Morgan fingerprint density at radius 2 is 1.47 bits per heavy atom. The molecule has 0 radical (unpaired) electrons. The molecule has 3 aromatic carbocycles. The number of hydrogen-bond donors (Lipinski definition) is 3. The van der Waals surface area contributed by atoms with Crippen molar-refractivity contribution in [3.63, 3.8) is 0 Å². The molecule has 0 saturated heterocycles. The Hall–Kier alpha value is -3.42. The van der Waals surface area contributed by atoms with Gasteiger partial charge in [0, 0.05) is 34.0 Å². The summed E-state index contributed by atoms with van der Waals surface area (Å²) in [4.78, 5) is 13.1. The smallest absolute Gasteiger partial charge is 0.256 e. The van der Waals surface area contributed by atoms with Crippen LogP contribution >= 0.6 is 0 Å². The van der Waals surface area contributed by atoms with E-state index in [-0.39, 0.29) is 27.4 Å². The highest BCUT2D eigenvalue weighted by atomic mass is 32.2. The Kier molecular flexibility index (Phi) is 7.06. The fraction of sp³-hybridized carbons (Fsp3) is 0.323. The molecule has 200 valence electrons. The van der Waals surface area contributed by atoms with Crippen molar-refractivity contribution in [1.29, 1.82) is 0 Å². The second kappa shape index (κ2) is 9.71. The van der Waals surface area contributed by atoms with Crippen LogP contribution in [0.15, 0.2) is 65.6 Å². The van der Waals surface area contributed by atoms with Gasteiger partial charge in [0.1, 0.15) is 5.75 Å². The first-order valence-corrected chi connectivity index (χ1v) is 14.2. The second-order valence-electron chi connectivity index (χ2n) is 11.9. The molecule has 3 aromatic rings. The summed E-state index contributed by atoms with van der Waals surface area (Å²) >= 11 is 0. The zero-order chi connectivity index (χ0) is 28.0. The predicted molar refractivity (Wildman–Crippen MR) is 154 cm³/mol. The number of fused-ring (bicyclic) bond motifs is 1. The highest BCUT2D eigenvalue weighted by Crippen LogP contribution is 2.41. The van der Waals surface area contributed by atoms with Gasteiger partial charge in [0.2, 0.25) is 10.0 Å². The number of sulfonamides is 1. The highest BCUT2D eigenvalue weighted by molar-refractivity contribution is 7.89. The third-order valence-electron chi connectivity index (χ3n) is 6.78. The number of aromatic hydroxyl groups is 1. The summed E-state index contributed by atoms with van der Waals surface area (Å²) in [5, 5.41) is 13.9. The van der Waals surface area contributed by atoms with Crippen LogP contribution in [0.1, 0.15) is 82.3 Å². The van der Waals surface area contributed by atoms with Gasteiger partial charge in [0.05, 0.1) is 4.90 Å². The number of benzene rings is 3. The van der Waals surface area contributed by atoms with E-state index in [0.29, 0.717) is 16.8 Å². The van der Waals surface area contributed by atoms with Gasteiger partial charge in [-0.25, -0.2) is 13.1 Å². The van der Waals surface area contributed by atoms with Gasteiger partial charge in [-0.15, -0.1) is 0 Å². The monoisotopic (exact) mass is 532 g/mol. The molecule has 1 aliphatic rings. The minimum Gasteiger partial charge on any atom is -0.507 e. The number of nitrogens with one attached hydrogen (secondary N) is 2. The van der Waals surface area contributed by atoms with Gasteiger partial charge in [0.15, 0.2) is 0 Å². The summed E-state index contributed by atoms with van der Waals surface area (Å²) in [6.45, 7) is 14.0. The first-order chi connectivity index (χ1) is 17.6. The Morgan fingerprint density at radius 1 is 0.895 bits per heavy atom. The number of hydrogen-bond acceptors (Lipinski definition) is 4. The fourth-order valence-corrected chi connectivity index (χ4v) is 5.90. The van der Waals surface area contributed by atoms with Gasteiger partial charge in [-0.2, -0.15) is 0 Å². The zero-order valence-electron chi connectivity index (χ0n) is 23.0. The van der Waals surface area contributed by atoms with E-state index in [9.17, 15) is 18.3 Å². The lowest BCUT2D eigenvalue weighted by Gasteiger charge is -2.28. The van der Waals surface area contributed by atoms with Crippen LogP contribution < -0.4 is 10.0 Å². The van der Waals surface area contributed by atoms with E-state index in [0.717, 1.165) is 22.3 Å². The maximum atomic E-state index is 13.2. The molecule has 0 aliphatic carbocycles. The van der Waals surface area contributed by atoms with Crippen LogP contribution in [0.2, 0.25) is 0 Å². The Labute approximate surface area is 225 Å². The largest absolute Gasteiger partial charge is 0.507 e. The number of amides is 1. The van der Waals surface area contributed by atoms with Crippen LogP contribution in [-0.4, -0.2) is 19.4 Å². The quantitative estimate of drug-likeness (QED) is 0.326. The van der Waals surface area contributed by atoms with Gasteiger partial charge in [-0.3, -0.25) is 4.79 Å². The maximum Gasteiger partial charge on any atom is 0.256 e. The molecular formula is C31H36N2O4S. The van der Waals surface area contributed by atoms with Crippen LogP contribution in [0, 0.1) is 0 Å². The average Bonchev–Trinajstić information content (AvgIpc) is 3.13. The van der Waals surface area contributed by atoms with E-state index < -0.39 is 16.1 Å². The summed E-state index contributed by atoms with van der Waals surface area (Å²) in [5.74, 6) is -0.0433. The zero-order valence-corrected chi connectivity index (χ0v) is 23.8. The van der Waals surface area contributed by atoms with Gasteiger partial charge in [0.25, 0.3) is 5.91 Å². The van der Waals surface area contributed by atoms with Crippen molar-refractivity contribution < 1.29 is 18.3 Å². The standard InChI is InChI=1S/C31H36N2O4S/c1-19(21-11-9-8-10-12-21)33-38(36,37)22-13-14-27-23(18-22)24(29(35)32-27)15-20-16-25(30(2,3)4)28(34)26(17-20)31(5,6)7/h8-19,33-34H,1-7H3,(H,32,35)/b24-15-. The SMILES string of the molecule is CC(NS(=O)(=O)c1ccc2c(c1)/C(=C/c1cc(C(C)(C)C)c(O)c(C(C)(C)C)c1)C(=O)N2)c1ccccc1. The van der Waals surface area contributed by atoms with E-state index in [4.69, 9.17) is 0 Å². The van der Waals surface area contributed by atoms with Crippen molar-refractivity contribution in [2.45, 2.75) is 70.2 Å². The Morgan fingerprint density at radius 3 is 2.03 bits per heavy atom. The first kappa shape index (κ1) is 27.6. The Balaban J connectivity index is 1.78. The molecule has 7 heteroatoms. The van der Waals surface area contributed by atoms with Gasteiger partial charge < -0.3 is 10.4 Å². The number of anilines is 1. The number of carbonyl (C=O) groups excluding carboxylic acids is 1. The molecule has 0 fully saturated rings. The molecule has 1 unspecified atom stereocenters. The Bertz CT molecular complexity index is 1490. The molecule has 6 nitrogen and oxygen atoms in total. The van der Waals surface area contributed by atoms with Gasteiger partial charge >= 0.3 is 0 Å². The summed E-state index contributed by atoms with van der Waals surface area (Å²) in [6.07, 6.45) is 1.77. The lowest BCUT2D eigenvalue weighted by molar-refractivity contribution is -0.110. The van der Waals surface area contributed by atoms with Crippen molar-refractivity contribution in [3.05, 3.63) is 88.5 Å². The van der Waals surface area contributed by atoms with Crippen molar-refractivity contribution in [2.24, 2.45) is 0 Å². The molecule has 3 N–H and O–H groups in total. The summed E-state index contributed by atoms with van der Waals surface area (Å²) in [7, 11) is -3.85. The van der Waals surface area contributed by atoms with Crippen LogP contribution in [0.4, 0.5) is 5.69 Å². The summed E-state index contributed by atoms with van der Waals surface area (Å²) < 4.78 is 29.2. The maximum absolute atomic E-state index is 13.2. The van der Waals surface area contributed by atoms with Gasteiger partial charge in [-0.1, -0.05) is 71.9 Å². The predicted octanol–water partition coefficient (Wildman–Crippen LogP) is 6.52. The number of rotatable bonds is 5. The van der Waals surface area contributed by atoms with E-state index in [2.05, 4.69) is 10.0 Å². The van der Waals surface area contributed by atoms with Crippen LogP contribution in [0.25, 0.3) is 11.6 Å².